The number of ether oxygens (including phenoxy) is 3. The average Bonchev–Trinajstić information content (AvgIpc) is 3.27. The number of carbonyl (C=O) groups excluding carboxylic acids is 1. The van der Waals surface area contributed by atoms with Gasteiger partial charge in [0.2, 0.25) is 0 Å². The van der Waals surface area contributed by atoms with E-state index >= 15 is 0 Å². The number of hydrogen-bond donors (Lipinski definition) is 1. The molecule has 0 aliphatic heterocycles. The summed E-state index contributed by atoms with van der Waals surface area (Å²) >= 11 is 1.60. The van der Waals surface area contributed by atoms with Gasteiger partial charge in [-0.1, -0.05) is 36.0 Å². The predicted octanol–water partition coefficient (Wildman–Crippen LogP) is 3.83. The summed E-state index contributed by atoms with van der Waals surface area (Å²) in [6.07, 6.45) is 0. The molecule has 0 radical (unpaired) electrons. The molecule has 1 unspecified atom stereocenters. The highest BCUT2D eigenvalue weighted by atomic mass is 32.2. The second-order valence-corrected chi connectivity index (χ2v) is 8.39. The maximum absolute atomic E-state index is 12.2. The first kappa shape index (κ1) is 24.8. The summed E-state index contributed by atoms with van der Waals surface area (Å²) in [5, 5.41) is 12.6. The molecule has 0 spiro atoms. The van der Waals surface area contributed by atoms with Crippen molar-refractivity contribution in [3.8, 4) is 17.1 Å². The molecule has 1 amide bonds. The lowest BCUT2D eigenvalue weighted by Crippen LogP contribution is -2.26. The number of rotatable bonds is 12. The Bertz CT molecular complexity index is 1040. The zero-order valence-electron chi connectivity index (χ0n) is 19.4. The van der Waals surface area contributed by atoms with Crippen LogP contribution in [0.1, 0.15) is 28.9 Å². The van der Waals surface area contributed by atoms with Crippen LogP contribution in [0, 0.1) is 0 Å². The number of methoxy groups -OCH3 is 3. The molecule has 176 valence electrons. The van der Waals surface area contributed by atoms with Gasteiger partial charge in [-0.3, -0.25) is 9.36 Å². The first-order valence-electron chi connectivity index (χ1n) is 10.6. The Morgan fingerprint density at radius 3 is 2.58 bits per heavy atom. The molecule has 1 aromatic heterocycles. The second-order valence-electron chi connectivity index (χ2n) is 7.45. The highest BCUT2D eigenvalue weighted by Crippen LogP contribution is 2.31. The van der Waals surface area contributed by atoms with Gasteiger partial charge in [-0.05, 0) is 36.8 Å². The molecule has 1 N–H and O–H groups in total. The summed E-state index contributed by atoms with van der Waals surface area (Å²) in [4.78, 5) is 12.2. The Labute approximate surface area is 198 Å². The summed E-state index contributed by atoms with van der Waals surface area (Å²) in [5.74, 6) is 2.12. The number of benzene rings is 2. The molecule has 0 aliphatic carbocycles. The molecule has 0 aliphatic rings. The van der Waals surface area contributed by atoms with Crippen molar-refractivity contribution in [3.05, 3.63) is 59.7 Å². The summed E-state index contributed by atoms with van der Waals surface area (Å²) in [7, 11) is 4.94. The van der Waals surface area contributed by atoms with Crippen molar-refractivity contribution in [2.24, 2.45) is 0 Å². The number of nitrogens with one attached hydrogen (secondary N) is 1. The fourth-order valence-corrected chi connectivity index (χ4v) is 4.31. The molecule has 3 aromatic rings. The van der Waals surface area contributed by atoms with Gasteiger partial charge in [0.1, 0.15) is 5.75 Å². The Hall–Kier alpha value is -2.88. The standard InChI is InChI=1S/C24H30N4O4S/c1-17(15-31-3)28-22(20-6-5-7-21(14-20)32-4)26-27-24(28)33-16-18-8-10-19(11-9-18)23(29)25-12-13-30-2/h5-11,14,17H,12-13,15-16H2,1-4H3,(H,25,29). The van der Waals surface area contributed by atoms with Crippen molar-refractivity contribution in [3.63, 3.8) is 0 Å². The van der Waals surface area contributed by atoms with E-state index < -0.39 is 0 Å². The average molecular weight is 471 g/mol. The summed E-state index contributed by atoms with van der Waals surface area (Å²) in [5.41, 5.74) is 2.64. The minimum Gasteiger partial charge on any atom is -0.497 e. The largest absolute Gasteiger partial charge is 0.497 e. The van der Waals surface area contributed by atoms with Gasteiger partial charge in [-0.25, -0.2) is 0 Å². The van der Waals surface area contributed by atoms with E-state index in [0.717, 1.165) is 27.9 Å². The van der Waals surface area contributed by atoms with E-state index in [2.05, 4.69) is 27.0 Å². The van der Waals surface area contributed by atoms with E-state index in [1.165, 1.54) is 0 Å². The van der Waals surface area contributed by atoms with Crippen LogP contribution in [0.15, 0.2) is 53.7 Å². The van der Waals surface area contributed by atoms with Crippen LogP contribution >= 0.6 is 11.8 Å². The summed E-state index contributed by atoms with van der Waals surface area (Å²) < 4.78 is 17.8. The summed E-state index contributed by atoms with van der Waals surface area (Å²) in [6, 6.07) is 15.4. The summed E-state index contributed by atoms with van der Waals surface area (Å²) in [6.45, 7) is 3.59. The third kappa shape index (κ3) is 6.56. The fourth-order valence-electron chi connectivity index (χ4n) is 3.32. The lowest BCUT2D eigenvalue weighted by Gasteiger charge is -2.17. The van der Waals surface area contributed by atoms with E-state index in [4.69, 9.17) is 14.2 Å². The van der Waals surface area contributed by atoms with Crippen LogP contribution < -0.4 is 10.1 Å². The third-order valence-electron chi connectivity index (χ3n) is 5.02. The molecule has 0 bridgehead atoms. The molecular weight excluding hydrogens is 440 g/mol. The van der Waals surface area contributed by atoms with Crippen LogP contribution in [0.2, 0.25) is 0 Å². The number of hydrogen-bond acceptors (Lipinski definition) is 7. The Kier molecular flexibility index (Phi) is 9.29. The number of aromatic nitrogens is 3. The molecule has 0 fully saturated rings. The van der Waals surface area contributed by atoms with Crippen molar-refractivity contribution < 1.29 is 19.0 Å². The lowest BCUT2D eigenvalue weighted by molar-refractivity contribution is 0.0937. The SMILES string of the molecule is COCCNC(=O)c1ccc(CSc2nnc(-c3cccc(OC)c3)n2C(C)COC)cc1. The smallest absolute Gasteiger partial charge is 0.251 e. The zero-order chi connectivity index (χ0) is 23.6. The molecule has 0 saturated carbocycles. The van der Waals surface area contributed by atoms with E-state index in [1.54, 1.807) is 33.1 Å². The van der Waals surface area contributed by atoms with Crippen LogP contribution in [0.5, 0.6) is 5.75 Å². The molecule has 1 atom stereocenters. The van der Waals surface area contributed by atoms with Gasteiger partial charge in [0, 0.05) is 37.6 Å². The van der Waals surface area contributed by atoms with Crippen LogP contribution in [-0.2, 0) is 15.2 Å². The predicted molar refractivity (Wildman–Crippen MR) is 129 cm³/mol. The first-order chi connectivity index (χ1) is 16.1. The van der Waals surface area contributed by atoms with E-state index in [1.807, 2.05) is 48.5 Å². The Morgan fingerprint density at radius 1 is 1.09 bits per heavy atom. The second kappa shape index (κ2) is 12.4. The van der Waals surface area contributed by atoms with Gasteiger partial charge in [-0.2, -0.15) is 0 Å². The highest BCUT2D eigenvalue weighted by molar-refractivity contribution is 7.98. The van der Waals surface area contributed by atoms with Gasteiger partial charge in [0.15, 0.2) is 11.0 Å². The number of nitrogens with zero attached hydrogens (tertiary/aromatic N) is 3. The van der Waals surface area contributed by atoms with Crippen LogP contribution in [-0.4, -0.2) is 61.8 Å². The van der Waals surface area contributed by atoms with Crippen molar-refractivity contribution >= 4 is 17.7 Å². The molecular formula is C24H30N4O4S. The molecule has 9 heteroatoms. The van der Waals surface area contributed by atoms with Crippen LogP contribution in [0.3, 0.4) is 0 Å². The molecule has 33 heavy (non-hydrogen) atoms. The van der Waals surface area contributed by atoms with Gasteiger partial charge in [0.25, 0.3) is 5.91 Å². The van der Waals surface area contributed by atoms with Gasteiger partial charge in [0.05, 0.1) is 26.4 Å². The van der Waals surface area contributed by atoms with E-state index in [0.29, 0.717) is 31.1 Å². The number of carbonyl (C=O) groups is 1. The normalized spacial score (nSPS) is 11.9. The van der Waals surface area contributed by atoms with Gasteiger partial charge < -0.3 is 19.5 Å². The highest BCUT2D eigenvalue weighted by Gasteiger charge is 2.20. The first-order valence-corrected chi connectivity index (χ1v) is 11.6. The number of amides is 1. The van der Waals surface area contributed by atoms with E-state index in [-0.39, 0.29) is 11.9 Å². The molecule has 8 nitrogen and oxygen atoms in total. The van der Waals surface area contributed by atoms with Crippen molar-refractivity contribution in [1.29, 1.82) is 0 Å². The van der Waals surface area contributed by atoms with Crippen LogP contribution in [0.25, 0.3) is 11.4 Å². The van der Waals surface area contributed by atoms with Gasteiger partial charge in [-0.15, -0.1) is 10.2 Å². The van der Waals surface area contributed by atoms with Gasteiger partial charge >= 0.3 is 0 Å². The zero-order valence-corrected chi connectivity index (χ0v) is 20.2. The molecule has 3 rings (SSSR count). The minimum absolute atomic E-state index is 0.0480. The topological polar surface area (TPSA) is 87.5 Å². The Morgan fingerprint density at radius 2 is 1.88 bits per heavy atom. The maximum atomic E-state index is 12.2. The van der Waals surface area contributed by atoms with Crippen molar-refractivity contribution in [2.45, 2.75) is 23.9 Å². The van der Waals surface area contributed by atoms with Crippen molar-refractivity contribution in [2.75, 3.05) is 41.1 Å². The molecule has 0 saturated heterocycles. The lowest BCUT2D eigenvalue weighted by atomic mass is 10.1. The van der Waals surface area contributed by atoms with Crippen LogP contribution in [0.4, 0.5) is 0 Å². The minimum atomic E-state index is -0.109. The monoisotopic (exact) mass is 470 g/mol. The maximum Gasteiger partial charge on any atom is 0.251 e. The third-order valence-corrected chi connectivity index (χ3v) is 6.03. The fraction of sp³-hybridized carbons (Fsp3) is 0.375. The molecule has 2 aromatic carbocycles. The molecule has 1 heterocycles. The van der Waals surface area contributed by atoms with E-state index in [9.17, 15) is 4.79 Å². The quantitative estimate of drug-likeness (QED) is 0.318. The number of thioether (sulfide) groups is 1. The Balaban J connectivity index is 1.75. The van der Waals surface area contributed by atoms with Crippen molar-refractivity contribution in [1.82, 2.24) is 20.1 Å².